The Balaban J connectivity index is 1.35. The summed E-state index contributed by atoms with van der Waals surface area (Å²) < 4.78 is 24.3. The summed E-state index contributed by atoms with van der Waals surface area (Å²) in [5.74, 6) is 0. The molecule has 0 aliphatic rings. The Bertz CT molecular complexity index is 612. The van der Waals surface area contributed by atoms with E-state index in [4.69, 9.17) is 18.9 Å². The first-order valence-corrected chi connectivity index (χ1v) is 10.8. The van der Waals surface area contributed by atoms with Crippen LogP contribution in [0.3, 0.4) is 0 Å². The Kier molecular flexibility index (Phi) is 12.4. The van der Waals surface area contributed by atoms with Gasteiger partial charge < -0.3 is 18.9 Å². The molecule has 2 rings (SSSR count). The van der Waals surface area contributed by atoms with E-state index in [0.29, 0.717) is 52.9 Å². The maximum Gasteiger partial charge on any atom is 0.0718 e. The third kappa shape index (κ3) is 11.1. The minimum atomic E-state index is 0.561. The summed E-state index contributed by atoms with van der Waals surface area (Å²) in [5, 5.41) is 0. The second-order valence-electron chi connectivity index (χ2n) is 5.98. The van der Waals surface area contributed by atoms with Crippen molar-refractivity contribution in [3.05, 3.63) is 80.8 Å². The zero-order chi connectivity index (χ0) is 19.9. The van der Waals surface area contributed by atoms with Crippen LogP contribution in [0.5, 0.6) is 0 Å². The third-order valence-electron chi connectivity index (χ3n) is 3.70. The molecule has 0 aliphatic carbocycles. The van der Waals surface area contributed by atoms with Crippen molar-refractivity contribution in [1.29, 1.82) is 0 Å². The number of rotatable bonds is 14. The van der Waals surface area contributed by atoms with Crippen molar-refractivity contribution in [2.45, 2.75) is 13.2 Å². The van der Waals surface area contributed by atoms with E-state index in [1.165, 1.54) is 0 Å². The van der Waals surface area contributed by atoms with Crippen molar-refractivity contribution in [3.8, 4) is 0 Å². The molecule has 0 radical (unpaired) electrons. The van der Waals surface area contributed by atoms with E-state index in [2.05, 4.69) is 31.9 Å². The molecule has 4 nitrogen and oxygen atoms in total. The second kappa shape index (κ2) is 14.9. The van der Waals surface area contributed by atoms with Gasteiger partial charge in [0.25, 0.3) is 0 Å². The number of hydrogen-bond donors (Lipinski definition) is 0. The molecule has 0 aliphatic heterocycles. The van der Waals surface area contributed by atoms with Crippen LogP contribution >= 0.6 is 31.9 Å². The van der Waals surface area contributed by atoms with Crippen molar-refractivity contribution in [2.24, 2.45) is 0 Å². The third-order valence-corrected chi connectivity index (χ3v) is 4.76. The quantitative estimate of drug-likeness (QED) is 0.245. The van der Waals surface area contributed by atoms with Crippen LogP contribution in [0.4, 0.5) is 0 Å². The molecular weight excluding hydrogens is 488 g/mol. The molecule has 2 aromatic rings. The van der Waals surface area contributed by atoms with Crippen LogP contribution in [-0.2, 0) is 32.2 Å². The van der Waals surface area contributed by atoms with Gasteiger partial charge in [0.15, 0.2) is 0 Å². The molecule has 0 spiro atoms. The van der Waals surface area contributed by atoms with Gasteiger partial charge in [0.1, 0.15) is 0 Å². The summed E-state index contributed by atoms with van der Waals surface area (Å²) >= 11 is 6.83. The van der Waals surface area contributed by atoms with E-state index >= 15 is 0 Å². The van der Waals surface area contributed by atoms with E-state index in [-0.39, 0.29) is 0 Å². The SMILES string of the molecule is Brc1ccc(COCCOC/C=C/COCCOCc2ccc(Br)cc2)cc1. The summed E-state index contributed by atoms with van der Waals surface area (Å²) in [4.78, 5) is 0. The molecule has 0 saturated carbocycles. The monoisotopic (exact) mass is 512 g/mol. The summed E-state index contributed by atoms with van der Waals surface area (Å²) in [7, 11) is 0. The lowest BCUT2D eigenvalue weighted by Gasteiger charge is -2.05. The summed E-state index contributed by atoms with van der Waals surface area (Å²) in [6.07, 6.45) is 3.91. The second-order valence-corrected chi connectivity index (χ2v) is 7.81. The van der Waals surface area contributed by atoms with Crippen molar-refractivity contribution in [3.63, 3.8) is 0 Å². The fraction of sp³-hybridized carbons (Fsp3) is 0.364. The smallest absolute Gasteiger partial charge is 0.0718 e. The molecule has 0 bridgehead atoms. The fourth-order valence-electron chi connectivity index (χ4n) is 2.22. The number of benzene rings is 2. The highest BCUT2D eigenvalue weighted by molar-refractivity contribution is 9.10. The Labute approximate surface area is 184 Å². The van der Waals surface area contributed by atoms with Gasteiger partial charge in [-0.1, -0.05) is 68.3 Å². The van der Waals surface area contributed by atoms with Gasteiger partial charge in [0.05, 0.1) is 52.9 Å². The highest BCUT2D eigenvalue weighted by atomic mass is 79.9. The lowest BCUT2D eigenvalue weighted by atomic mass is 10.2. The molecule has 28 heavy (non-hydrogen) atoms. The van der Waals surface area contributed by atoms with Crippen molar-refractivity contribution in [2.75, 3.05) is 39.6 Å². The number of ether oxygens (including phenoxy) is 4. The Hall–Kier alpha value is -1.02. The van der Waals surface area contributed by atoms with Crippen LogP contribution in [-0.4, -0.2) is 39.6 Å². The molecule has 0 saturated heterocycles. The molecule has 0 unspecified atom stereocenters. The van der Waals surface area contributed by atoms with E-state index in [1.54, 1.807) is 0 Å². The van der Waals surface area contributed by atoms with Gasteiger partial charge in [-0.3, -0.25) is 0 Å². The van der Waals surface area contributed by atoms with Crippen molar-refractivity contribution < 1.29 is 18.9 Å². The van der Waals surface area contributed by atoms with Crippen LogP contribution in [0.15, 0.2) is 69.6 Å². The summed E-state index contributed by atoms with van der Waals surface area (Å²) in [6, 6.07) is 16.2. The molecule has 0 fully saturated rings. The highest BCUT2D eigenvalue weighted by Crippen LogP contribution is 2.11. The maximum absolute atomic E-state index is 5.57. The Morgan fingerprint density at radius 1 is 0.536 bits per heavy atom. The average Bonchev–Trinajstić information content (AvgIpc) is 2.71. The van der Waals surface area contributed by atoms with Crippen molar-refractivity contribution >= 4 is 31.9 Å². The van der Waals surface area contributed by atoms with Gasteiger partial charge in [0, 0.05) is 8.95 Å². The Morgan fingerprint density at radius 2 is 0.893 bits per heavy atom. The molecule has 0 heterocycles. The molecule has 0 N–H and O–H groups in total. The van der Waals surface area contributed by atoms with Crippen LogP contribution in [0.25, 0.3) is 0 Å². The number of hydrogen-bond acceptors (Lipinski definition) is 4. The molecule has 2 aromatic carbocycles. The molecule has 0 aromatic heterocycles. The van der Waals surface area contributed by atoms with Crippen LogP contribution in [0.1, 0.15) is 11.1 Å². The molecule has 0 atom stereocenters. The van der Waals surface area contributed by atoms with E-state index in [9.17, 15) is 0 Å². The predicted molar refractivity (Wildman–Crippen MR) is 118 cm³/mol. The van der Waals surface area contributed by atoms with Gasteiger partial charge in [-0.15, -0.1) is 0 Å². The average molecular weight is 514 g/mol. The van der Waals surface area contributed by atoms with Crippen molar-refractivity contribution in [1.82, 2.24) is 0 Å². The first-order valence-electron chi connectivity index (χ1n) is 9.19. The summed E-state index contributed by atoms with van der Waals surface area (Å²) in [5.41, 5.74) is 2.31. The van der Waals surface area contributed by atoms with Crippen LogP contribution < -0.4 is 0 Å². The zero-order valence-corrected chi connectivity index (χ0v) is 19.0. The standard InChI is InChI=1S/C22H26Br2O4/c23-21-7-3-19(4-8-21)17-27-15-13-25-11-1-2-12-26-14-16-28-18-20-5-9-22(24)10-6-20/h1-10H,11-18H2/b2-1+. The largest absolute Gasteiger partial charge is 0.375 e. The number of halogens is 2. The molecule has 0 amide bonds. The van der Waals surface area contributed by atoms with Gasteiger partial charge in [-0.2, -0.15) is 0 Å². The minimum absolute atomic E-state index is 0.561. The van der Waals surface area contributed by atoms with Gasteiger partial charge in [0.2, 0.25) is 0 Å². The fourth-order valence-corrected chi connectivity index (χ4v) is 2.74. The first kappa shape index (κ1) is 23.3. The predicted octanol–water partition coefficient (Wildman–Crippen LogP) is 5.53. The van der Waals surface area contributed by atoms with Gasteiger partial charge in [-0.25, -0.2) is 0 Å². The van der Waals surface area contributed by atoms with Gasteiger partial charge >= 0.3 is 0 Å². The van der Waals surface area contributed by atoms with Crippen LogP contribution in [0, 0.1) is 0 Å². The molecular formula is C22H26Br2O4. The zero-order valence-electron chi connectivity index (χ0n) is 15.8. The topological polar surface area (TPSA) is 36.9 Å². The summed E-state index contributed by atoms with van der Waals surface area (Å²) in [6.45, 7) is 4.63. The van der Waals surface area contributed by atoms with E-state index < -0.39 is 0 Å². The van der Waals surface area contributed by atoms with E-state index in [0.717, 1.165) is 20.1 Å². The lowest BCUT2D eigenvalue weighted by molar-refractivity contribution is 0.0475. The minimum Gasteiger partial charge on any atom is -0.375 e. The maximum atomic E-state index is 5.57. The van der Waals surface area contributed by atoms with Crippen LogP contribution in [0.2, 0.25) is 0 Å². The Morgan fingerprint density at radius 3 is 1.29 bits per heavy atom. The highest BCUT2D eigenvalue weighted by Gasteiger charge is 1.95. The normalized spacial score (nSPS) is 11.4. The lowest BCUT2D eigenvalue weighted by Crippen LogP contribution is -2.05. The first-order chi connectivity index (χ1) is 13.7. The van der Waals surface area contributed by atoms with E-state index in [1.807, 2.05) is 60.7 Å². The molecule has 152 valence electrons. The molecule has 6 heteroatoms. The van der Waals surface area contributed by atoms with Gasteiger partial charge in [-0.05, 0) is 35.4 Å².